The molecule has 1 aromatic heterocycles. The second-order valence-corrected chi connectivity index (χ2v) is 3.77. The van der Waals surface area contributed by atoms with Gasteiger partial charge >= 0.3 is 0 Å². The van der Waals surface area contributed by atoms with Crippen LogP contribution in [0.2, 0.25) is 0 Å². The molecular formula is C8H14N2OS. The number of methoxy groups -OCH3 is 1. The van der Waals surface area contributed by atoms with Crippen LogP contribution >= 0.6 is 12.2 Å². The highest BCUT2D eigenvalue weighted by molar-refractivity contribution is 7.71. The number of H-pyrrole nitrogens is 1. The van der Waals surface area contributed by atoms with E-state index in [9.17, 15) is 0 Å². The van der Waals surface area contributed by atoms with Gasteiger partial charge in [-0.3, -0.25) is 0 Å². The molecule has 0 aliphatic rings. The van der Waals surface area contributed by atoms with Crippen LogP contribution in [0.15, 0.2) is 12.4 Å². The number of ether oxygens (including phenoxy) is 1. The Morgan fingerprint density at radius 1 is 1.67 bits per heavy atom. The smallest absolute Gasteiger partial charge is 0.177 e. The molecule has 0 saturated heterocycles. The number of hydrogen-bond acceptors (Lipinski definition) is 2. The molecule has 68 valence electrons. The van der Waals surface area contributed by atoms with E-state index >= 15 is 0 Å². The van der Waals surface area contributed by atoms with Gasteiger partial charge in [0.1, 0.15) is 0 Å². The van der Waals surface area contributed by atoms with Crippen LogP contribution in [0, 0.1) is 4.77 Å². The largest absolute Gasteiger partial charge is 0.382 e. The van der Waals surface area contributed by atoms with E-state index in [4.69, 9.17) is 17.0 Å². The van der Waals surface area contributed by atoms with Crippen LogP contribution in [-0.2, 0) is 10.3 Å². The zero-order valence-corrected chi connectivity index (χ0v) is 8.44. The second-order valence-electron chi connectivity index (χ2n) is 3.38. The Morgan fingerprint density at radius 3 is 2.75 bits per heavy atom. The van der Waals surface area contributed by atoms with Gasteiger partial charge < -0.3 is 14.3 Å². The van der Waals surface area contributed by atoms with Crippen molar-refractivity contribution in [1.29, 1.82) is 0 Å². The van der Waals surface area contributed by atoms with E-state index in [1.165, 1.54) is 0 Å². The Labute approximate surface area is 77.4 Å². The monoisotopic (exact) mass is 186 g/mol. The van der Waals surface area contributed by atoms with Crippen LogP contribution in [0.5, 0.6) is 0 Å². The predicted molar refractivity (Wildman–Crippen MR) is 50.8 cm³/mol. The van der Waals surface area contributed by atoms with E-state index in [2.05, 4.69) is 18.8 Å². The fourth-order valence-corrected chi connectivity index (χ4v) is 1.60. The lowest BCUT2D eigenvalue weighted by molar-refractivity contribution is 0.109. The summed E-state index contributed by atoms with van der Waals surface area (Å²) in [5.74, 6) is 0. The number of hydrogen-bond donors (Lipinski definition) is 1. The van der Waals surface area contributed by atoms with Gasteiger partial charge in [0.25, 0.3) is 0 Å². The minimum atomic E-state index is -0.0775. The van der Waals surface area contributed by atoms with Crippen molar-refractivity contribution in [3.05, 3.63) is 17.2 Å². The van der Waals surface area contributed by atoms with Crippen LogP contribution in [0.25, 0.3) is 0 Å². The van der Waals surface area contributed by atoms with Crippen molar-refractivity contribution in [2.45, 2.75) is 19.4 Å². The maximum atomic E-state index is 5.10. The van der Waals surface area contributed by atoms with Crippen LogP contribution in [0.3, 0.4) is 0 Å². The van der Waals surface area contributed by atoms with Gasteiger partial charge in [0.2, 0.25) is 0 Å². The SMILES string of the molecule is COCC(C)(C)n1cc[nH]c1=S. The molecule has 0 unspecified atom stereocenters. The van der Waals surface area contributed by atoms with Crippen molar-refractivity contribution in [3.63, 3.8) is 0 Å². The van der Waals surface area contributed by atoms with Crippen LogP contribution < -0.4 is 0 Å². The Bertz CT molecular complexity index is 300. The summed E-state index contributed by atoms with van der Waals surface area (Å²) < 4.78 is 7.83. The van der Waals surface area contributed by atoms with Gasteiger partial charge in [0.15, 0.2) is 4.77 Å². The lowest BCUT2D eigenvalue weighted by atomic mass is 10.1. The third-order valence-electron chi connectivity index (χ3n) is 1.80. The third kappa shape index (κ3) is 1.76. The topological polar surface area (TPSA) is 29.9 Å². The summed E-state index contributed by atoms with van der Waals surface area (Å²) in [6.07, 6.45) is 3.76. The molecule has 0 spiro atoms. The maximum absolute atomic E-state index is 5.10. The van der Waals surface area contributed by atoms with Crippen molar-refractivity contribution in [3.8, 4) is 0 Å². The normalized spacial score (nSPS) is 11.9. The quantitative estimate of drug-likeness (QED) is 0.731. The zero-order valence-electron chi connectivity index (χ0n) is 7.63. The maximum Gasteiger partial charge on any atom is 0.177 e. The van der Waals surface area contributed by atoms with Gasteiger partial charge in [-0.05, 0) is 26.1 Å². The van der Waals surface area contributed by atoms with E-state index in [0.717, 1.165) is 4.77 Å². The predicted octanol–water partition coefficient (Wildman–Crippen LogP) is 1.93. The zero-order chi connectivity index (χ0) is 9.19. The van der Waals surface area contributed by atoms with Crippen molar-refractivity contribution >= 4 is 12.2 Å². The van der Waals surface area contributed by atoms with Crippen molar-refractivity contribution < 1.29 is 4.74 Å². The Balaban J connectivity index is 2.96. The average molecular weight is 186 g/mol. The Hall–Kier alpha value is -0.610. The molecule has 0 saturated carbocycles. The number of nitrogens with one attached hydrogen (secondary N) is 1. The van der Waals surface area contributed by atoms with E-state index in [1.54, 1.807) is 7.11 Å². The molecule has 0 aliphatic carbocycles. The molecule has 0 aromatic carbocycles. The molecule has 0 fully saturated rings. The fraction of sp³-hybridized carbons (Fsp3) is 0.625. The lowest BCUT2D eigenvalue weighted by Crippen LogP contribution is -2.30. The molecule has 1 aromatic rings. The Kier molecular flexibility index (Phi) is 2.69. The third-order valence-corrected chi connectivity index (χ3v) is 2.11. The first-order valence-corrected chi connectivity index (χ1v) is 4.24. The van der Waals surface area contributed by atoms with E-state index in [0.29, 0.717) is 6.61 Å². The Morgan fingerprint density at radius 2 is 2.33 bits per heavy atom. The summed E-state index contributed by atoms with van der Waals surface area (Å²) in [5, 5.41) is 0. The van der Waals surface area contributed by atoms with Gasteiger partial charge in [0.05, 0.1) is 12.1 Å². The summed E-state index contributed by atoms with van der Waals surface area (Å²) >= 11 is 5.10. The average Bonchev–Trinajstić information content (AvgIpc) is 2.35. The summed E-state index contributed by atoms with van der Waals surface area (Å²) in [6, 6.07) is 0. The molecule has 0 aliphatic heterocycles. The number of nitrogens with zero attached hydrogens (tertiary/aromatic N) is 1. The van der Waals surface area contributed by atoms with Crippen LogP contribution in [0.1, 0.15) is 13.8 Å². The van der Waals surface area contributed by atoms with Crippen LogP contribution in [-0.4, -0.2) is 23.3 Å². The number of aromatic amines is 1. The molecular weight excluding hydrogens is 172 g/mol. The van der Waals surface area contributed by atoms with Crippen molar-refractivity contribution in [1.82, 2.24) is 9.55 Å². The summed E-state index contributed by atoms with van der Waals surface area (Å²) in [5.41, 5.74) is -0.0775. The first-order valence-electron chi connectivity index (χ1n) is 3.83. The minimum Gasteiger partial charge on any atom is -0.382 e. The molecule has 1 rings (SSSR count). The van der Waals surface area contributed by atoms with E-state index in [-0.39, 0.29) is 5.54 Å². The van der Waals surface area contributed by atoms with Gasteiger partial charge in [-0.15, -0.1) is 0 Å². The van der Waals surface area contributed by atoms with Gasteiger partial charge in [0, 0.05) is 19.5 Å². The first-order chi connectivity index (χ1) is 5.58. The molecule has 1 heterocycles. The standard InChI is InChI=1S/C8H14N2OS/c1-8(2,6-11-3)10-5-4-9-7(10)12/h4-5H,6H2,1-3H3,(H,9,12). The molecule has 0 amide bonds. The van der Waals surface area contributed by atoms with Crippen molar-refractivity contribution in [2.24, 2.45) is 0 Å². The minimum absolute atomic E-state index is 0.0775. The van der Waals surface area contributed by atoms with Gasteiger partial charge in [-0.2, -0.15) is 0 Å². The number of rotatable bonds is 3. The molecule has 1 N–H and O–H groups in total. The summed E-state index contributed by atoms with van der Waals surface area (Å²) in [7, 11) is 1.69. The second kappa shape index (κ2) is 3.41. The summed E-state index contributed by atoms with van der Waals surface area (Å²) in [4.78, 5) is 2.96. The lowest BCUT2D eigenvalue weighted by Gasteiger charge is -2.25. The number of aromatic nitrogens is 2. The van der Waals surface area contributed by atoms with Crippen LogP contribution in [0.4, 0.5) is 0 Å². The summed E-state index contributed by atoms with van der Waals surface area (Å²) in [6.45, 7) is 4.82. The molecule has 0 radical (unpaired) electrons. The van der Waals surface area contributed by atoms with E-state index in [1.807, 2.05) is 17.0 Å². The molecule has 0 atom stereocenters. The molecule has 0 bridgehead atoms. The highest BCUT2D eigenvalue weighted by Gasteiger charge is 2.19. The molecule has 12 heavy (non-hydrogen) atoms. The highest BCUT2D eigenvalue weighted by Crippen LogP contribution is 2.15. The number of imidazole rings is 1. The first kappa shape index (κ1) is 9.48. The van der Waals surface area contributed by atoms with E-state index < -0.39 is 0 Å². The van der Waals surface area contributed by atoms with Gasteiger partial charge in [-0.1, -0.05) is 0 Å². The van der Waals surface area contributed by atoms with Gasteiger partial charge in [-0.25, -0.2) is 0 Å². The van der Waals surface area contributed by atoms with Crippen molar-refractivity contribution in [2.75, 3.05) is 13.7 Å². The molecule has 4 heteroatoms. The molecule has 3 nitrogen and oxygen atoms in total. The highest BCUT2D eigenvalue weighted by atomic mass is 32.1. The fourth-order valence-electron chi connectivity index (χ4n) is 1.22.